The number of para-hydroxylation sites is 1. The SMILES string of the molecule is O=C(O)CC(NC(=O)c1ccc(N2CCN(C(=O)c3cccs3)CC2)c(NC(=O)Nc2ccccc2)c1)c1cccnc1. The number of rotatable bonds is 9. The molecule has 1 fully saturated rings. The third-order valence-electron chi connectivity index (χ3n) is 6.95. The normalized spacial score (nSPS) is 13.6. The zero-order valence-corrected chi connectivity index (χ0v) is 23.9. The molecule has 43 heavy (non-hydrogen) atoms. The fourth-order valence-electron chi connectivity index (χ4n) is 4.82. The number of thiophene rings is 1. The van der Waals surface area contributed by atoms with Crippen molar-refractivity contribution in [1.29, 1.82) is 0 Å². The molecular formula is C31H30N6O5S. The number of carbonyl (C=O) groups is 4. The predicted molar refractivity (Wildman–Crippen MR) is 165 cm³/mol. The average Bonchev–Trinajstić information content (AvgIpc) is 3.56. The summed E-state index contributed by atoms with van der Waals surface area (Å²) < 4.78 is 0. The first-order valence-corrected chi connectivity index (χ1v) is 14.5. The Morgan fingerprint density at radius 3 is 2.37 bits per heavy atom. The second-order valence-corrected chi connectivity index (χ2v) is 10.8. The van der Waals surface area contributed by atoms with Crippen molar-refractivity contribution in [2.45, 2.75) is 12.5 Å². The minimum atomic E-state index is -1.07. The van der Waals surface area contributed by atoms with Gasteiger partial charge in [-0.25, -0.2) is 4.79 Å². The molecule has 0 radical (unpaired) electrons. The van der Waals surface area contributed by atoms with E-state index in [4.69, 9.17) is 0 Å². The van der Waals surface area contributed by atoms with Gasteiger partial charge < -0.3 is 30.9 Å². The van der Waals surface area contributed by atoms with E-state index < -0.39 is 23.9 Å². The summed E-state index contributed by atoms with van der Waals surface area (Å²) in [5.41, 5.74) is 2.49. The van der Waals surface area contributed by atoms with E-state index in [1.807, 2.05) is 23.6 Å². The van der Waals surface area contributed by atoms with Gasteiger partial charge in [0, 0.05) is 49.8 Å². The summed E-state index contributed by atoms with van der Waals surface area (Å²) in [5.74, 6) is -1.58. The van der Waals surface area contributed by atoms with Crippen molar-refractivity contribution in [3.05, 3.63) is 107 Å². The van der Waals surface area contributed by atoms with Crippen LogP contribution in [0.25, 0.3) is 0 Å². The van der Waals surface area contributed by atoms with E-state index >= 15 is 0 Å². The highest BCUT2D eigenvalue weighted by molar-refractivity contribution is 7.12. The molecule has 4 amide bonds. The lowest BCUT2D eigenvalue weighted by Gasteiger charge is -2.37. The van der Waals surface area contributed by atoms with Crippen molar-refractivity contribution in [3.63, 3.8) is 0 Å². The molecule has 3 heterocycles. The molecule has 220 valence electrons. The molecule has 5 rings (SSSR count). The molecule has 1 saturated heterocycles. The van der Waals surface area contributed by atoms with E-state index in [1.54, 1.807) is 65.7 Å². The van der Waals surface area contributed by atoms with Crippen LogP contribution in [-0.2, 0) is 4.79 Å². The maximum absolute atomic E-state index is 13.3. The number of nitrogens with zero attached hydrogens (tertiary/aromatic N) is 3. The first-order chi connectivity index (χ1) is 20.9. The van der Waals surface area contributed by atoms with Crippen LogP contribution in [0.4, 0.5) is 21.9 Å². The minimum Gasteiger partial charge on any atom is -0.481 e. The molecule has 12 heteroatoms. The van der Waals surface area contributed by atoms with Crippen LogP contribution in [-0.4, -0.2) is 65.0 Å². The van der Waals surface area contributed by atoms with Gasteiger partial charge in [0.05, 0.1) is 28.7 Å². The van der Waals surface area contributed by atoms with Crippen molar-refractivity contribution in [1.82, 2.24) is 15.2 Å². The number of aromatic nitrogens is 1. The molecule has 2 aromatic heterocycles. The van der Waals surface area contributed by atoms with Gasteiger partial charge in [-0.2, -0.15) is 0 Å². The number of pyridine rings is 1. The second kappa shape index (κ2) is 13.6. The standard InChI is InChI=1S/C31H30N6O5S/c38-28(39)19-24(22-6-4-12-32-20-22)34-29(40)21-10-11-26(25(18-21)35-31(42)33-23-7-2-1-3-8-23)36-13-15-37(16-14-36)30(41)27-9-5-17-43-27/h1-12,17-18,20,24H,13-16,19H2,(H,34,40)(H,38,39)(H2,33,35,42). The smallest absolute Gasteiger partial charge is 0.323 e. The van der Waals surface area contributed by atoms with E-state index in [0.717, 1.165) is 0 Å². The molecule has 0 saturated carbocycles. The Labute approximate surface area is 252 Å². The average molecular weight is 599 g/mol. The largest absolute Gasteiger partial charge is 0.481 e. The van der Waals surface area contributed by atoms with Crippen LogP contribution in [0.2, 0.25) is 0 Å². The quantitative estimate of drug-likeness (QED) is 0.219. The fourth-order valence-corrected chi connectivity index (χ4v) is 5.51. The summed E-state index contributed by atoms with van der Waals surface area (Å²) in [4.78, 5) is 59.3. The molecule has 4 aromatic rings. The van der Waals surface area contributed by atoms with Gasteiger partial charge in [-0.05, 0) is 53.4 Å². The monoisotopic (exact) mass is 598 g/mol. The lowest BCUT2D eigenvalue weighted by atomic mass is 10.0. The van der Waals surface area contributed by atoms with Gasteiger partial charge in [-0.3, -0.25) is 19.4 Å². The Bertz CT molecular complexity index is 1570. The highest BCUT2D eigenvalue weighted by Gasteiger charge is 2.26. The molecular weight excluding hydrogens is 568 g/mol. The lowest BCUT2D eigenvalue weighted by molar-refractivity contribution is -0.137. The van der Waals surface area contributed by atoms with Gasteiger partial charge in [0.15, 0.2) is 0 Å². The van der Waals surface area contributed by atoms with Gasteiger partial charge >= 0.3 is 12.0 Å². The summed E-state index contributed by atoms with van der Waals surface area (Å²) in [7, 11) is 0. The van der Waals surface area contributed by atoms with E-state index in [-0.39, 0.29) is 17.9 Å². The Kier molecular flexibility index (Phi) is 9.27. The van der Waals surface area contributed by atoms with Crippen molar-refractivity contribution < 1.29 is 24.3 Å². The summed E-state index contributed by atoms with van der Waals surface area (Å²) in [5, 5.41) is 19.7. The van der Waals surface area contributed by atoms with E-state index in [0.29, 0.717) is 53.7 Å². The molecule has 11 nitrogen and oxygen atoms in total. The van der Waals surface area contributed by atoms with Crippen molar-refractivity contribution in [2.75, 3.05) is 41.7 Å². The zero-order chi connectivity index (χ0) is 30.2. The van der Waals surface area contributed by atoms with Gasteiger partial charge in [0.25, 0.3) is 11.8 Å². The molecule has 4 N–H and O–H groups in total. The predicted octanol–water partition coefficient (Wildman–Crippen LogP) is 4.70. The van der Waals surface area contributed by atoms with Crippen LogP contribution >= 0.6 is 11.3 Å². The summed E-state index contributed by atoms with van der Waals surface area (Å²) in [6.07, 6.45) is 2.76. The van der Waals surface area contributed by atoms with E-state index in [1.165, 1.54) is 17.5 Å². The van der Waals surface area contributed by atoms with Gasteiger partial charge in [0.2, 0.25) is 0 Å². The number of carboxylic acid groups (broad SMARTS) is 1. The summed E-state index contributed by atoms with van der Waals surface area (Å²) in [6.45, 7) is 2.05. The van der Waals surface area contributed by atoms with E-state index in [9.17, 15) is 24.3 Å². The van der Waals surface area contributed by atoms with Crippen molar-refractivity contribution in [3.8, 4) is 0 Å². The molecule has 0 bridgehead atoms. The number of aliphatic carboxylic acids is 1. The number of amides is 4. The molecule has 1 atom stereocenters. The highest BCUT2D eigenvalue weighted by Crippen LogP contribution is 2.30. The van der Waals surface area contributed by atoms with Gasteiger partial charge in [-0.1, -0.05) is 30.3 Å². The third kappa shape index (κ3) is 7.54. The molecule has 0 spiro atoms. The van der Waals surface area contributed by atoms with Gasteiger partial charge in [0.1, 0.15) is 0 Å². The Balaban J connectivity index is 1.36. The number of anilines is 3. The molecule has 1 aliphatic heterocycles. The van der Waals surface area contributed by atoms with E-state index in [2.05, 4.69) is 25.8 Å². The summed E-state index contributed by atoms with van der Waals surface area (Å²) in [6, 6.07) is 19.7. The third-order valence-corrected chi connectivity index (χ3v) is 7.81. The summed E-state index contributed by atoms with van der Waals surface area (Å²) >= 11 is 1.41. The van der Waals surface area contributed by atoms with Gasteiger partial charge in [-0.15, -0.1) is 11.3 Å². The van der Waals surface area contributed by atoms with Crippen LogP contribution in [0, 0.1) is 0 Å². The van der Waals surface area contributed by atoms with Crippen LogP contribution in [0.15, 0.2) is 90.6 Å². The van der Waals surface area contributed by atoms with Crippen LogP contribution in [0.3, 0.4) is 0 Å². The number of hydrogen-bond donors (Lipinski definition) is 4. The number of nitrogens with one attached hydrogen (secondary N) is 3. The minimum absolute atomic E-state index is 0.00760. The molecule has 0 aliphatic carbocycles. The lowest BCUT2D eigenvalue weighted by Crippen LogP contribution is -2.48. The van der Waals surface area contributed by atoms with Crippen molar-refractivity contribution >= 4 is 52.2 Å². The first kappa shape index (κ1) is 29.3. The van der Waals surface area contributed by atoms with Crippen LogP contribution < -0.4 is 20.9 Å². The number of carboxylic acids is 1. The molecule has 1 aliphatic rings. The highest BCUT2D eigenvalue weighted by atomic mass is 32.1. The van der Waals surface area contributed by atoms with Crippen LogP contribution in [0.1, 0.15) is 38.1 Å². The number of carbonyl (C=O) groups excluding carboxylic acids is 3. The Morgan fingerprint density at radius 2 is 1.70 bits per heavy atom. The molecule has 2 aromatic carbocycles. The zero-order valence-electron chi connectivity index (χ0n) is 23.1. The number of hydrogen-bond acceptors (Lipinski definition) is 7. The number of piperazine rings is 1. The topological polar surface area (TPSA) is 144 Å². The maximum Gasteiger partial charge on any atom is 0.323 e. The second-order valence-electron chi connectivity index (χ2n) is 9.84. The van der Waals surface area contributed by atoms with Crippen molar-refractivity contribution in [2.24, 2.45) is 0 Å². The number of urea groups is 1. The first-order valence-electron chi connectivity index (χ1n) is 13.6. The van der Waals surface area contributed by atoms with Crippen LogP contribution in [0.5, 0.6) is 0 Å². The maximum atomic E-state index is 13.3. The Hall–Kier alpha value is -5.23. The number of benzene rings is 2. The molecule has 1 unspecified atom stereocenters. The fraction of sp³-hybridized carbons (Fsp3) is 0.194. The Morgan fingerprint density at radius 1 is 0.907 bits per heavy atom.